The predicted molar refractivity (Wildman–Crippen MR) is 182 cm³/mol. The maximum absolute atomic E-state index is 14.3. The van der Waals surface area contributed by atoms with Gasteiger partial charge >= 0.3 is 6.09 Å². The quantitative estimate of drug-likeness (QED) is 0.234. The minimum absolute atomic E-state index is 0.0989. The first-order chi connectivity index (χ1) is 22.3. The van der Waals surface area contributed by atoms with Crippen LogP contribution in [0.5, 0.6) is 5.75 Å². The van der Waals surface area contributed by atoms with E-state index in [-0.39, 0.29) is 24.0 Å². The number of methoxy groups -OCH3 is 1. The molecule has 0 bridgehead atoms. The standard InChI is InChI=1S/C37H48N4O4S/c1-5-35-39-20-33(46-35)30-16-17-38-34(19-30)41(23-26-6-8-27(9-7-26)29-12-15-32(44-4)25(3)18-29)36(42)28-10-13-31(14-11-28)45-37(43)40-21-24(2)22-40/h12,15-20,24,26-28,31H,5-11,13-14,21-23H2,1-4H3. The molecular weight excluding hydrogens is 596 g/mol. The third-order valence-electron chi connectivity index (χ3n) is 10.2. The van der Waals surface area contributed by atoms with E-state index in [1.165, 1.54) is 11.1 Å². The molecule has 3 fully saturated rings. The molecule has 2 amide bonds. The molecule has 3 aromatic rings. The van der Waals surface area contributed by atoms with E-state index in [2.05, 4.69) is 50.0 Å². The van der Waals surface area contributed by atoms with Gasteiger partial charge in [0, 0.05) is 37.9 Å². The van der Waals surface area contributed by atoms with Crippen molar-refractivity contribution in [3.05, 3.63) is 58.9 Å². The van der Waals surface area contributed by atoms with Crippen LogP contribution in [0.1, 0.15) is 87.3 Å². The number of rotatable bonds is 9. The molecule has 0 N–H and O–H groups in total. The summed E-state index contributed by atoms with van der Waals surface area (Å²) in [7, 11) is 1.72. The normalized spacial score (nSPS) is 23.4. The highest BCUT2D eigenvalue weighted by Gasteiger charge is 2.36. The number of thiazole rings is 1. The van der Waals surface area contributed by atoms with E-state index in [9.17, 15) is 9.59 Å². The number of aryl methyl sites for hydroxylation is 2. The fraction of sp³-hybridized carbons (Fsp3) is 0.568. The molecule has 0 spiro atoms. The van der Waals surface area contributed by atoms with Crippen LogP contribution < -0.4 is 9.64 Å². The lowest BCUT2D eigenvalue weighted by atomic mass is 9.78. The van der Waals surface area contributed by atoms with Gasteiger partial charge in [0.15, 0.2) is 0 Å². The summed E-state index contributed by atoms with van der Waals surface area (Å²) < 4.78 is 11.3. The Kier molecular flexibility index (Phi) is 10.3. The average Bonchev–Trinajstić information content (AvgIpc) is 3.56. The first-order valence-corrected chi connectivity index (χ1v) is 18.0. The van der Waals surface area contributed by atoms with Crippen molar-refractivity contribution >= 4 is 29.2 Å². The zero-order valence-corrected chi connectivity index (χ0v) is 28.6. The average molecular weight is 645 g/mol. The van der Waals surface area contributed by atoms with Crippen LogP contribution in [0.25, 0.3) is 10.4 Å². The predicted octanol–water partition coefficient (Wildman–Crippen LogP) is 8.04. The Labute approximate surface area is 277 Å². The van der Waals surface area contributed by atoms with Crippen LogP contribution in [0.2, 0.25) is 0 Å². The molecule has 8 nitrogen and oxygen atoms in total. The van der Waals surface area contributed by atoms with Crippen LogP contribution in [0.4, 0.5) is 10.6 Å². The summed E-state index contributed by atoms with van der Waals surface area (Å²) >= 11 is 1.70. The van der Waals surface area contributed by atoms with E-state index in [1.54, 1.807) is 23.3 Å². The highest BCUT2D eigenvalue weighted by atomic mass is 32.1. The number of benzene rings is 1. The lowest BCUT2D eigenvalue weighted by molar-refractivity contribution is -0.124. The van der Waals surface area contributed by atoms with Crippen LogP contribution in [0.15, 0.2) is 42.7 Å². The molecule has 0 atom stereocenters. The van der Waals surface area contributed by atoms with Gasteiger partial charge < -0.3 is 14.4 Å². The Morgan fingerprint density at radius 2 is 1.76 bits per heavy atom. The van der Waals surface area contributed by atoms with Crippen molar-refractivity contribution in [2.75, 3.05) is 31.6 Å². The Bertz CT molecular complexity index is 1500. The highest BCUT2D eigenvalue weighted by Crippen LogP contribution is 2.39. The minimum Gasteiger partial charge on any atom is -0.496 e. The molecule has 3 aliphatic rings. The number of pyridine rings is 1. The van der Waals surface area contributed by atoms with Crippen molar-refractivity contribution in [3.8, 4) is 16.2 Å². The van der Waals surface area contributed by atoms with Crippen molar-refractivity contribution in [1.82, 2.24) is 14.9 Å². The molecular formula is C37H48N4O4S. The number of carbonyl (C=O) groups is 2. The summed E-state index contributed by atoms with van der Waals surface area (Å²) in [5.41, 5.74) is 3.61. The van der Waals surface area contributed by atoms with E-state index >= 15 is 0 Å². The number of likely N-dealkylation sites (tertiary alicyclic amines) is 1. The lowest BCUT2D eigenvalue weighted by Crippen LogP contribution is -2.50. The van der Waals surface area contributed by atoms with Gasteiger partial charge in [0.1, 0.15) is 17.7 Å². The second-order valence-electron chi connectivity index (χ2n) is 13.6. The molecule has 246 valence electrons. The highest BCUT2D eigenvalue weighted by molar-refractivity contribution is 7.15. The number of ether oxygens (including phenoxy) is 2. The SMILES string of the molecule is CCc1ncc(-c2ccnc(N(CC3CCC(c4ccc(OC)c(C)c4)CC3)C(=O)C3CCC(OC(=O)N4CC(C)C4)CC3)c2)s1. The third-order valence-corrected chi connectivity index (χ3v) is 11.4. The van der Waals surface area contributed by atoms with E-state index in [4.69, 9.17) is 14.5 Å². The number of anilines is 1. The van der Waals surface area contributed by atoms with E-state index < -0.39 is 0 Å². The molecule has 1 aromatic carbocycles. The van der Waals surface area contributed by atoms with Crippen LogP contribution in [-0.2, 0) is 16.0 Å². The second-order valence-corrected chi connectivity index (χ2v) is 14.8. The molecule has 6 rings (SSSR count). The second kappa shape index (κ2) is 14.5. The van der Waals surface area contributed by atoms with Crippen LogP contribution >= 0.6 is 11.3 Å². The third kappa shape index (κ3) is 7.40. The van der Waals surface area contributed by atoms with E-state index in [0.29, 0.717) is 24.3 Å². The molecule has 46 heavy (non-hydrogen) atoms. The molecule has 9 heteroatoms. The van der Waals surface area contributed by atoms with Crippen molar-refractivity contribution in [3.63, 3.8) is 0 Å². The summed E-state index contributed by atoms with van der Waals surface area (Å²) in [4.78, 5) is 41.0. The summed E-state index contributed by atoms with van der Waals surface area (Å²) in [6, 6.07) is 10.7. The van der Waals surface area contributed by atoms with Gasteiger partial charge in [-0.3, -0.25) is 9.69 Å². The van der Waals surface area contributed by atoms with Gasteiger partial charge in [0.05, 0.1) is 17.0 Å². The van der Waals surface area contributed by atoms with Gasteiger partial charge in [-0.15, -0.1) is 11.3 Å². The fourth-order valence-corrected chi connectivity index (χ4v) is 8.28. The molecule has 1 saturated heterocycles. The summed E-state index contributed by atoms with van der Waals surface area (Å²) in [6.07, 6.45) is 11.6. The zero-order valence-electron chi connectivity index (χ0n) is 27.7. The Morgan fingerprint density at radius 1 is 1.00 bits per heavy atom. The molecule has 3 heterocycles. The van der Waals surface area contributed by atoms with Gasteiger partial charge in [0.2, 0.25) is 5.91 Å². The van der Waals surface area contributed by atoms with Crippen LogP contribution in [0, 0.1) is 24.7 Å². The smallest absolute Gasteiger partial charge is 0.410 e. The molecule has 1 aliphatic heterocycles. The van der Waals surface area contributed by atoms with Crippen molar-refractivity contribution < 1.29 is 19.1 Å². The van der Waals surface area contributed by atoms with Gasteiger partial charge in [-0.05, 0) is 117 Å². The van der Waals surface area contributed by atoms with E-state index in [1.807, 2.05) is 23.4 Å². The van der Waals surface area contributed by atoms with Gasteiger partial charge in [-0.1, -0.05) is 26.0 Å². The van der Waals surface area contributed by atoms with Crippen molar-refractivity contribution in [2.45, 2.75) is 90.6 Å². The van der Waals surface area contributed by atoms with Crippen molar-refractivity contribution in [2.24, 2.45) is 17.8 Å². The number of amides is 2. The number of hydrogen-bond acceptors (Lipinski definition) is 7. The number of nitrogens with zero attached hydrogens (tertiary/aromatic N) is 4. The molecule has 2 saturated carbocycles. The maximum Gasteiger partial charge on any atom is 0.410 e. The molecule has 0 radical (unpaired) electrons. The molecule has 2 aliphatic carbocycles. The number of hydrogen-bond donors (Lipinski definition) is 0. The Balaban J connectivity index is 1.14. The van der Waals surface area contributed by atoms with Gasteiger partial charge in [-0.2, -0.15) is 0 Å². The fourth-order valence-electron chi connectivity index (χ4n) is 7.43. The van der Waals surface area contributed by atoms with Crippen LogP contribution in [0.3, 0.4) is 0 Å². The van der Waals surface area contributed by atoms with Crippen molar-refractivity contribution in [1.29, 1.82) is 0 Å². The summed E-state index contributed by atoms with van der Waals surface area (Å²) in [6.45, 7) is 8.59. The molecule has 0 unspecified atom stereocenters. The van der Waals surface area contributed by atoms with E-state index in [0.717, 1.165) is 97.9 Å². The first-order valence-electron chi connectivity index (χ1n) is 17.1. The molecule has 2 aromatic heterocycles. The lowest BCUT2D eigenvalue weighted by Gasteiger charge is -2.38. The summed E-state index contributed by atoms with van der Waals surface area (Å²) in [5.74, 6) is 3.20. The Morgan fingerprint density at radius 3 is 2.41 bits per heavy atom. The largest absolute Gasteiger partial charge is 0.496 e. The summed E-state index contributed by atoms with van der Waals surface area (Å²) in [5, 5.41) is 1.10. The zero-order chi connectivity index (χ0) is 32.2. The monoisotopic (exact) mass is 644 g/mol. The minimum atomic E-state index is -0.204. The van der Waals surface area contributed by atoms with Gasteiger partial charge in [0.25, 0.3) is 0 Å². The topological polar surface area (TPSA) is 84.9 Å². The first kappa shape index (κ1) is 32.5. The van der Waals surface area contributed by atoms with Crippen LogP contribution in [-0.4, -0.2) is 59.7 Å². The Hall–Kier alpha value is -3.46. The number of aromatic nitrogens is 2. The number of carbonyl (C=O) groups excluding carboxylic acids is 2. The van der Waals surface area contributed by atoms with Gasteiger partial charge in [-0.25, -0.2) is 14.8 Å². The maximum atomic E-state index is 14.3.